The molecule has 2 aromatic carbocycles. The molecule has 1 N–H and O–H groups in total. The van der Waals surface area contributed by atoms with Crippen LogP contribution in [0.25, 0.3) is 0 Å². The minimum atomic E-state index is -0.312. The fraction of sp³-hybridized carbons (Fsp3) is 0.182. The molecule has 1 aromatic heterocycles. The third-order valence-corrected chi connectivity index (χ3v) is 4.50. The molecule has 0 bridgehead atoms. The van der Waals surface area contributed by atoms with Crippen LogP contribution in [-0.2, 0) is 0 Å². The summed E-state index contributed by atoms with van der Waals surface area (Å²) >= 11 is 0. The molecule has 0 saturated carbocycles. The molecular formula is C22H22FN3O. The Kier molecular flexibility index (Phi) is 5.81. The van der Waals surface area contributed by atoms with Crippen molar-refractivity contribution in [1.29, 1.82) is 0 Å². The van der Waals surface area contributed by atoms with Crippen molar-refractivity contribution in [3.05, 3.63) is 102 Å². The van der Waals surface area contributed by atoms with Crippen molar-refractivity contribution in [3.8, 4) is 0 Å². The Morgan fingerprint density at radius 3 is 2.26 bits per heavy atom. The number of nitrogens with one attached hydrogen (secondary N) is 1. The van der Waals surface area contributed by atoms with E-state index >= 15 is 0 Å². The maximum atomic E-state index is 13.1. The van der Waals surface area contributed by atoms with Crippen LogP contribution in [0.5, 0.6) is 0 Å². The van der Waals surface area contributed by atoms with E-state index in [2.05, 4.69) is 10.3 Å². The summed E-state index contributed by atoms with van der Waals surface area (Å²) in [6.45, 7) is 1.87. The van der Waals surface area contributed by atoms with Gasteiger partial charge in [0.25, 0.3) is 0 Å². The van der Waals surface area contributed by atoms with Gasteiger partial charge in [-0.1, -0.05) is 48.5 Å². The molecule has 1 heterocycles. The molecule has 27 heavy (non-hydrogen) atoms. The van der Waals surface area contributed by atoms with Crippen LogP contribution in [0.15, 0.2) is 79.0 Å². The van der Waals surface area contributed by atoms with E-state index in [0.717, 1.165) is 16.8 Å². The van der Waals surface area contributed by atoms with Gasteiger partial charge in [-0.2, -0.15) is 0 Å². The normalized spacial score (nSPS) is 12.9. The van der Waals surface area contributed by atoms with E-state index in [1.165, 1.54) is 12.1 Å². The average molecular weight is 363 g/mol. The first-order valence-corrected chi connectivity index (χ1v) is 8.81. The Balaban J connectivity index is 1.82. The molecule has 3 aromatic rings. The van der Waals surface area contributed by atoms with Gasteiger partial charge >= 0.3 is 6.03 Å². The summed E-state index contributed by atoms with van der Waals surface area (Å²) in [5, 5.41) is 2.97. The van der Waals surface area contributed by atoms with Crippen molar-refractivity contribution in [1.82, 2.24) is 15.2 Å². The third-order valence-electron chi connectivity index (χ3n) is 4.50. The molecule has 2 amide bonds. The lowest BCUT2D eigenvalue weighted by molar-refractivity contribution is 0.194. The van der Waals surface area contributed by atoms with Crippen LogP contribution in [-0.4, -0.2) is 23.0 Å². The Labute approximate surface area is 158 Å². The predicted octanol–water partition coefficient (Wildman–Crippen LogP) is 4.71. The molecule has 0 unspecified atom stereocenters. The van der Waals surface area contributed by atoms with Gasteiger partial charge in [-0.05, 0) is 42.3 Å². The molecule has 0 fully saturated rings. The number of pyridine rings is 1. The minimum Gasteiger partial charge on any atom is -0.331 e. The molecule has 0 aliphatic carbocycles. The summed E-state index contributed by atoms with van der Waals surface area (Å²) in [6, 6.07) is 20.8. The number of carbonyl (C=O) groups excluding carboxylic acids is 1. The zero-order valence-corrected chi connectivity index (χ0v) is 15.3. The van der Waals surface area contributed by atoms with E-state index in [4.69, 9.17) is 0 Å². The highest BCUT2D eigenvalue weighted by atomic mass is 19.1. The van der Waals surface area contributed by atoms with Crippen LogP contribution in [0.3, 0.4) is 0 Å². The van der Waals surface area contributed by atoms with Crippen molar-refractivity contribution in [2.45, 2.75) is 19.0 Å². The Morgan fingerprint density at radius 2 is 1.63 bits per heavy atom. The van der Waals surface area contributed by atoms with Crippen LogP contribution in [0, 0.1) is 5.82 Å². The number of carbonyl (C=O) groups is 1. The molecule has 4 nitrogen and oxygen atoms in total. The lowest BCUT2D eigenvalue weighted by Gasteiger charge is -2.29. The maximum Gasteiger partial charge on any atom is 0.318 e. The summed E-state index contributed by atoms with van der Waals surface area (Å²) in [5.74, 6) is -0.298. The number of hydrogen-bond acceptors (Lipinski definition) is 2. The Morgan fingerprint density at radius 1 is 0.963 bits per heavy atom. The van der Waals surface area contributed by atoms with Crippen molar-refractivity contribution in [3.63, 3.8) is 0 Å². The predicted molar refractivity (Wildman–Crippen MR) is 104 cm³/mol. The second-order valence-electron chi connectivity index (χ2n) is 6.40. The highest BCUT2D eigenvalue weighted by Gasteiger charge is 2.25. The van der Waals surface area contributed by atoms with E-state index in [-0.39, 0.29) is 23.9 Å². The quantitative estimate of drug-likeness (QED) is 0.713. The molecule has 3 rings (SSSR count). The largest absolute Gasteiger partial charge is 0.331 e. The third kappa shape index (κ3) is 4.50. The zero-order valence-electron chi connectivity index (χ0n) is 15.3. The van der Waals surface area contributed by atoms with E-state index in [1.807, 2.05) is 55.5 Å². The van der Waals surface area contributed by atoms with E-state index in [0.29, 0.717) is 0 Å². The molecule has 5 heteroatoms. The number of benzene rings is 2. The van der Waals surface area contributed by atoms with Gasteiger partial charge in [0.05, 0.1) is 11.7 Å². The zero-order chi connectivity index (χ0) is 19.2. The van der Waals surface area contributed by atoms with Crippen LogP contribution >= 0.6 is 0 Å². The molecule has 0 saturated heterocycles. The number of aromatic nitrogens is 1. The molecule has 2 atom stereocenters. The Bertz CT molecular complexity index is 830. The molecule has 138 valence electrons. The van der Waals surface area contributed by atoms with Gasteiger partial charge in [0, 0.05) is 13.2 Å². The van der Waals surface area contributed by atoms with E-state index < -0.39 is 0 Å². The van der Waals surface area contributed by atoms with Gasteiger partial charge < -0.3 is 10.2 Å². The topological polar surface area (TPSA) is 45.2 Å². The van der Waals surface area contributed by atoms with Gasteiger partial charge in [0.2, 0.25) is 0 Å². The number of halogens is 1. The second kappa shape index (κ2) is 8.45. The van der Waals surface area contributed by atoms with Crippen molar-refractivity contribution >= 4 is 6.03 Å². The average Bonchev–Trinajstić information content (AvgIpc) is 2.70. The molecule has 0 radical (unpaired) electrons. The van der Waals surface area contributed by atoms with Crippen molar-refractivity contribution in [2.75, 3.05) is 7.05 Å². The number of urea groups is 1. The standard InChI is InChI=1S/C22H22FN3O/c1-16(17-11-13-19(23)14-12-17)25-22(27)26(2)21(18-8-4-3-5-9-18)20-10-6-7-15-24-20/h3-16,21H,1-2H3,(H,25,27)/t16-,21+/m1/s1. The summed E-state index contributed by atoms with van der Waals surface area (Å²) in [4.78, 5) is 19.0. The van der Waals surface area contributed by atoms with Crippen LogP contribution in [0.4, 0.5) is 9.18 Å². The first-order valence-electron chi connectivity index (χ1n) is 8.81. The van der Waals surface area contributed by atoms with Gasteiger partial charge in [-0.25, -0.2) is 9.18 Å². The van der Waals surface area contributed by atoms with Crippen LogP contribution in [0.1, 0.15) is 35.8 Å². The fourth-order valence-electron chi connectivity index (χ4n) is 3.00. The Hall–Kier alpha value is -3.21. The van der Waals surface area contributed by atoms with E-state index in [9.17, 15) is 9.18 Å². The first kappa shape index (κ1) is 18.6. The van der Waals surface area contributed by atoms with Gasteiger partial charge in [0.15, 0.2) is 0 Å². The summed E-state index contributed by atoms with van der Waals surface area (Å²) < 4.78 is 13.1. The second-order valence-corrected chi connectivity index (χ2v) is 6.40. The van der Waals surface area contributed by atoms with Gasteiger partial charge in [-0.15, -0.1) is 0 Å². The fourth-order valence-corrected chi connectivity index (χ4v) is 3.00. The maximum absolute atomic E-state index is 13.1. The number of nitrogens with zero attached hydrogens (tertiary/aromatic N) is 2. The molecule has 0 aliphatic rings. The minimum absolute atomic E-state index is 0.230. The number of hydrogen-bond donors (Lipinski definition) is 1. The monoisotopic (exact) mass is 363 g/mol. The first-order chi connectivity index (χ1) is 13.1. The van der Waals surface area contributed by atoms with E-state index in [1.54, 1.807) is 30.3 Å². The smallest absolute Gasteiger partial charge is 0.318 e. The number of rotatable bonds is 5. The summed E-state index contributed by atoms with van der Waals surface area (Å²) in [7, 11) is 1.75. The van der Waals surface area contributed by atoms with Crippen LogP contribution < -0.4 is 5.32 Å². The highest BCUT2D eigenvalue weighted by Crippen LogP contribution is 2.26. The van der Waals surface area contributed by atoms with Crippen molar-refractivity contribution in [2.24, 2.45) is 0 Å². The van der Waals surface area contributed by atoms with Crippen LogP contribution in [0.2, 0.25) is 0 Å². The lowest BCUT2D eigenvalue weighted by atomic mass is 10.0. The van der Waals surface area contributed by atoms with Gasteiger partial charge in [0.1, 0.15) is 11.9 Å². The highest BCUT2D eigenvalue weighted by molar-refractivity contribution is 5.75. The van der Waals surface area contributed by atoms with Crippen molar-refractivity contribution < 1.29 is 9.18 Å². The van der Waals surface area contributed by atoms with Gasteiger partial charge in [-0.3, -0.25) is 4.98 Å². The lowest BCUT2D eigenvalue weighted by Crippen LogP contribution is -2.41. The summed E-state index contributed by atoms with van der Waals surface area (Å²) in [6.07, 6.45) is 1.72. The SMILES string of the molecule is C[C@@H](NC(=O)N(C)[C@@H](c1ccccc1)c1ccccn1)c1ccc(F)cc1. The molecule has 0 spiro atoms. The number of amides is 2. The molecule has 0 aliphatic heterocycles. The molecular weight excluding hydrogens is 341 g/mol. The summed E-state index contributed by atoms with van der Waals surface area (Å²) in [5.41, 5.74) is 2.60.